The Kier molecular flexibility index (Phi) is 5.67. The van der Waals surface area contributed by atoms with Gasteiger partial charge in [0.1, 0.15) is 11.6 Å². The Bertz CT molecular complexity index is 1670. The zero-order chi connectivity index (χ0) is 29.6. The van der Waals surface area contributed by atoms with Crippen molar-refractivity contribution in [2.45, 2.75) is 24.1 Å². The molecule has 8 nitrogen and oxygen atoms in total. The lowest BCUT2D eigenvalue weighted by Crippen LogP contribution is -2.48. The summed E-state index contributed by atoms with van der Waals surface area (Å²) in [7, 11) is 0. The summed E-state index contributed by atoms with van der Waals surface area (Å²) in [6.07, 6.45) is -9.54. The topological polar surface area (TPSA) is 100 Å². The fourth-order valence-corrected chi connectivity index (χ4v) is 5.28. The summed E-state index contributed by atoms with van der Waals surface area (Å²) in [5.41, 5.74) is -6.30. The number of aliphatic hydroxyl groups is 1. The largest absolute Gasteiger partial charge is 0.586 e. The first-order valence-electron chi connectivity index (χ1n) is 11.5. The molecular formula is C25H13ClF7N3O5. The summed E-state index contributed by atoms with van der Waals surface area (Å²) in [4.78, 5) is 26.8. The van der Waals surface area contributed by atoms with Crippen molar-refractivity contribution in [3.8, 4) is 11.5 Å². The average Bonchev–Trinajstić information content (AvgIpc) is 3.49. The molecule has 2 atom stereocenters. The van der Waals surface area contributed by atoms with E-state index in [0.717, 1.165) is 36.4 Å². The molecular weight excluding hydrogens is 591 g/mol. The molecule has 0 aliphatic carbocycles. The van der Waals surface area contributed by atoms with Crippen molar-refractivity contribution in [2.24, 2.45) is 0 Å². The number of alkyl halides is 5. The van der Waals surface area contributed by atoms with Crippen LogP contribution < -0.4 is 25.0 Å². The number of rotatable bonds is 2. The predicted octanol–water partition coefficient (Wildman–Crippen LogP) is 5.57. The van der Waals surface area contributed by atoms with E-state index in [0.29, 0.717) is 11.0 Å². The molecule has 3 amide bonds. The highest BCUT2D eigenvalue weighted by Crippen LogP contribution is 2.53. The Morgan fingerprint density at radius 1 is 1.10 bits per heavy atom. The van der Waals surface area contributed by atoms with Crippen LogP contribution in [0, 0.1) is 11.6 Å². The Hall–Kier alpha value is -4.24. The minimum absolute atomic E-state index is 0.0478. The quantitative estimate of drug-likeness (QED) is 0.333. The van der Waals surface area contributed by atoms with Crippen molar-refractivity contribution in [1.29, 1.82) is 0 Å². The zero-order valence-electron chi connectivity index (χ0n) is 19.9. The van der Waals surface area contributed by atoms with Crippen LogP contribution in [0.25, 0.3) is 0 Å². The SMILES string of the molecule is O=C1NC(c2cc(F)ccc2Cl)c2c(NC(=O)N3C[C@@](O)(C(F)(F)F)c4cc(F)ccc43)cc3c(c21)OC(F)(F)O3. The summed E-state index contributed by atoms with van der Waals surface area (Å²) in [6.45, 7) is -1.39. The van der Waals surface area contributed by atoms with Gasteiger partial charge in [0.05, 0.1) is 29.5 Å². The first-order valence-corrected chi connectivity index (χ1v) is 11.9. The number of hydrogen-bond acceptors (Lipinski definition) is 5. The second kappa shape index (κ2) is 8.63. The van der Waals surface area contributed by atoms with Crippen molar-refractivity contribution in [1.82, 2.24) is 5.32 Å². The Morgan fingerprint density at radius 3 is 2.49 bits per heavy atom. The van der Waals surface area contributed by atoms with Crippen LogP contribution >= 0.6 is 11.6 Å². The number of urea groups is 1. The summed E-state index contributed by atoms with van der Waals surface area (Å²) in [5, 5.41) is 15.1. The second-order valence-electron chi connectivity index (χ2n) is 9.32. The molecule has 1 unspecified atom stereocenters. The molecule has 3 heterocycles. The van der Waals surface area contributed by atoms with Crippen molar-refractivity contribution in [3.63, 3.8) is 0 Å². The first-order chi connectivity index (χ1) is 19.1. The van der Waals surface area contributed by atoms with Gasteiger partial charge in [-0.15, -0.1) is 8.78 Å². The Balaban J connectivity index is 1.47. The van der Waals surface area contributed by atoms with Crippen LogP contribution in [-0.4, -0.2) is 36.1 Å². The molecule has 0 spiro atoms. The van der Waals surface area contributed by atoms with Crippen LogP contribution in [0.1, 0.15) is 33.1 Å². The molecule has 0 fully saturated rings. The summed E-state index contributed by atoms with van der Waals surface area (Å²) < 4.78 is 106. The van der Waals surface area contributed by atoms with Crippen LogP contribution in [0.4, 0.5) is 46.9 Å². The molecule has 0 saturated carbocycles. The molecule has 3 aliphatic rings. The molecule has 0 bridgehead atoms. The fourth-order valence-electron chi connectivity index (χ4n) is 5.05. The molecule has 16 heteroatoms. The fraction of sp³-hybridized carbons (Fsp3) is 0.200. The van der Waals surface area contributed by atoms with Crippen LogP contribution in [0.2, 0.25) is 5.02 Å². The number of β-amino-alcohol motifs (C(OH)–C–C–N with tert-alkyl or cyclic N) is 1. The third kappa shape index (κ3) is 4.10. The maximum atomic E-state index is 14.1. The molecule has 6 rings (SSSR count). The molecule has 3 aromatic carbocycles. The van der Waals surface area contributed by atoms with E-state index < -0.39 is 88.2 Å². The normalized spacial score (nSPS) is 21.9. The third-order valence-electron chi connectivity index (χ3n) is 6.83. The highest BCUT2D eigenvalue weighted by molar-refractivity contribution is 6.31. The summed E-state index contributed by atoms with van der Waals surface area (Å²) >= 11 is 6.20. The van der Waals surface area contributed by atoms with Crippen molar-refractivity contribution < 1.29 is 54.9 Å². The Labute approximate surface area is 229 Å². The summed E-state index contributed by atoms with van der Waals surface area (Å²) in [5.74, 6) is -4.28. The number of anilines is 2. The number of ether oxygens (including phenoxy) is 2. The number of benzene rings is 3. The monoisotopic (exact) mass is 603 g/mol. The van der Waals surface area contributed by atoms with Gasteiger partial charge in [-0.05, 0) is 36.4 Å². The van der Waals surface area contributed by atoms with Gasteiger partial charge in [-0.3, -0.25) is 9.69 Å². The number of amides is 3. The van der Waals surface area contributed by atoms with E-state index in [-0.39, 0.29) is 16.1 Å². The second-order valence-corrected chi connectivity index (χ2v) is 9.72. The van der Waals surface area contributed by atoms with Gasteiger partial charge in [0, 0.05) is 27.8 Å². The first kappa shape index (κ1) is 27.0. The standard InChI is InChI=1S/C25H13ClF7N3O5/c26-13-3-1-9(27)5-11(13)19-17-14(7-16-20(18(17)21(37)35-19)41-25(32,33)40-16)34-22(38)36-8-23(39,24(29,30)31)12-6-10(28)2-4-15(12)36/h1-7,19,39H,8H2,(H,34,38)(H,35,37)/t19?,23-/m0/s1. The van der Waals surface area contributed by atoms with E-state index in [9.17, 15) is 45.4 Å². The van der Waals surface area contributed by atoms with Crippen molar-refractivity contribution in [3.05, 3.63) is 81.4 Å². The minimum atomic E-state index is -5.33. The number of carbonyl (C=O) groups is 2. The molecule has 0 radical (unpaired) electrons. The predicted molar refractivity (Wildman–Crippen MR) is 126 cm³/mol. The highest BCUT2D eigenvalue weighted by atomic mass is 35.5. The van der Waals surface area contributed by atoms with Gasteiger partial charge in [0.2, 0.25) is 5.60 Å². The average molecular weight is 604 g/mol. The lowest BCUT2D eigenvalue weighted by molar-refractivity contribution is -0.286. The molecule has 3 N–H and O–H groups in total. The molecule has 0 aromatic heterocycles. The van der Waals surface area contributed by atoms with Crippen LogP contribution in [0.5, 0.6) is 11.5 Å². The summed E-state index contributed by atoms with van der Waals surface area (Å²) in [6, 6.07) is 3.34. The zero-order valence-corrected chi connectivity index (χ0v) is 20.6. The highest BCUT2D eigenvalue weighted by Gasteiger charge is 2.61. The van der Waals surface area contributed by atoms with E-state index in [2.05, 4.69) is 20.1 Å². The minimum Gasteiger partial charge on any atom is -0.395 e. The van der Waals surface area contributed by atoms with E-state index in [1.165, 1.54) is 0 Å². The van der Waals surface area contributed by atoms with Gasteiger partial charge < -0.3 is 25.2 Å². The molecule has 41 heavy (non-hydrogen) atoms. The number of nitrogens with one attached hydrogen (secondary N) is 2. The van der Waals surface area contributed by atoms with Gasteiger partial charge in [-0.2, -0.15) is 13.2 Å². The lowest BCUT2D eigenvalue weighted by atomic mass is 9.95. The van der Waals surface area contributed by atoms with Crippen LogP contribution in [-0.2, 0) is 5.60 Å². The molecule has 214 valence electrons. The lowest BCUT2D eigenvalue weighted by Gasteiger charge is -2.27. The van der Waals surface area contributed by atoms with Crippen LogP contribution in [0.15, 0.2) is 42.5 Å². The third-order valence-corrected chi connectivity index (χ3v) is 7.18. The number of fused-ring (bicyclic) bond motifs is 4. The number of nitrogens with zero attached hydrogens (tertiary/aromatic N) is 1. The smallest absolute Gasteiger partial charge is 0.395 e. The molecule has 3 aromatic rings. The number of hydrogen-bond donors (Lipinski definition) is 3. The van der Waals surface area contributed by atoms with Gasteiger partial charge in [-0.25, -0.2) is 13.6 Å². The van der Waals surface area contributed by atoms with E-state index in [4.69, 9.17) is 11.6 Å². The number of halogens is 8. The van der Waals surface area contributed by atoms with Gasteiger partial charge in [-0.1, -0.05) is 11.6 Å². The van der Waals surface area contributed by atoms with E-state index >= 15 is 0 Å². The van der Waals surface area contributed by atoms with Crippen molar-refractivity contribution >= 4 is 34.9 Å². The van der Waals surface area contributed by atoms with Gasteiger partial charge in [0.15, 0.2) is 11.5 Å². The molecule has 0 saturated heterocycles. The maximum Gasteiger partial charge on any atom is 0.586 e. The van der Waals surface area contributed by atoms with Gasteiger partial charge in [0.25, 0.3) is 5.91 Å². The Morgan fingerprint density at radius 2 is 1.78 bits per heavy atom. The van der Waals surface area contributed by atoms with Crippen molar-refractivity contribution in [2.75, 3.05) is 16.8 Å². The van der Waals surface area contributed by atoms with E-state index in [1.807, 2.05) is 0 Å². The van der Waals surface area contributed by atoms with E-state index in [1.54, 1.807) is 0 Å². The molecule has 3 aliphatic heterocycles. The number of carbonyl (C=O) groups excluding carboxylic acids is 2. The van der Waals surface area contributed by atoms with Gasteiger partial charge >= 0.3 is 18.5 Å². The van der Waals surface area contributed by atoms with Crippen LogP contribution in [0.3, 0.4) is 0 Å². The maximum absolute atomic E-state index is 14.1.